The average molecular weight is 396 g/mol. The van der Waals surface area contributed by atoms with Gasteiger partial charge in [0, 0.05) is 33.1 Å². The fourth-order valence-electron chi connectivity index (χ4n) is 2.54. The van der Waals surface area contributed by atoms with E-state index in [4.69, 9.17) is 23.2 Å². The maximum atomic E-state index is 12.6. The second-order valence-electron chi connectivity index (χ2n) is 5.46. The predicted molar refractivity (Wildman–Crippen MR) is 98.1 cm³/mol. The fraction of sp³-hybridized carbons (Fsp3) is 0.111. The summed E-state index contributed by atoms with van der Waals surface area (Å²) in [5.41, 5.74) is 1.95. The average Bonchev–Trinajstić information content (AvgIpc) is 3.03. The number of nitrogens with one attached hydrogen (secondary N) is 2. The molecule has 0 aliphatic carbocycles. The van der Waals surface area contributed by atoms with Crippen LogP contribution in [0.15, 0.2) is 48.7 Å². The van der Waals surface area contributed by atoms with E-state index in [1.54, 1.807) is 42.5 Å². The van der Waals surface area contributed by atoms with Gasteiger partial charge in [-0.15, -0.1) is 0 Å². The van der Waals surface area contributed by atoms with Crippen LogP contribution >= 0.6 is 23.2 Å². The first-order valence-electron chi connectivity index (χ1n) is 7.62. The van der Waals surface area contributed by atoms with Crippen molar-refractivity contribution >= 4 is 34.8 Å². The van der Waals surface area contributed by atoms with E-state index in [0.29, 0.717) is 26.9 Å². The van der Waals surface area contributed by atoms with Crippen molar-refractivity contribution in [3.8, 4) is 11.1 Å². The van der Waals surface area contributed by atoms with Gasteiger partial charge in [-0.3, -0.25) is 9.89 Å². The molecule has 0 aliphatic rings. The molecule has 26 heavy (non-hydrogen) atoms. The number of amides is 1. The number of hydrogen-bond acceptors (Lipinski definition) is 2. The molecule has 0 fully saturated rings. The van der Waals surface area contributed by atoms with Crippen LogP contribution in [-0.2, 0) is 6.42 Å². The van der Waals surface area contributed by atoms with Crippen molar-refractivity contribution in [2.75, 3.05) is 5.32 Å². The number of aromatic nitrogens is 2. The van der Waals surface area contributed by atoms with Gasteiger partial charge in [0.05, 0.1) is 17.7 Å². The highest BCUT2D eigenvalue weighted by atomic mass is 35.5. The zero-order chi connectivity index (χ0) is 18.7. The number of aromatic amines is 1. The van der Waals surface area contributed by atoms with Crippen LogP contribution in [0.3, 0.4) is 0 Å². The van der Waals surface area contributed by atoms with E-state index in [1.807, 2.05) is 0 Å². The van der Waals surface area contributed by atoms with Crippen LogP contribution in [0.25, 0.3) is 11.1 Å². The summed E-state index contributed by atoms with van der Waals surface area (Å²) in [6.07, 6.45) is -1.90. The lowest BCUT2D eigenvalue weighted by Crippen LogP contribution is -2.15. The normalized spacial score (nSPS) is 11.0. The Kier molecular flexibility index (Phi) is 5.54. The van der Waals surface area contributed by atoms with E-state index < -0.39 is 18.8 Å². The molecule has 0 bridgehead atoms. The molecule has 0 spiro atoms. The number of para-hydroxylation sites is 1. The van der Waals surface area contributed by atoms with Gasteiger partial charge >= 0.3 is 0 Å². The topological polar surface area (TPSA) is 57.8 Å². The minimum absolute atomic E-state index is 0.0134. The smallest absolute Gasteiger partial charge is 0.259 e. The van der Waals surface area contributed by atoms with Gasteiger partial charge in [0.15, 0.2) is 0 Å². The lowest BCUT2D eigenvalue weighted by Gasteiger charge is -2.13. The van der Waals surface area contributed by atoms with Gasteiger partial charge in [-0.1, -0.05) is 47.5 Å². The molecule has 0 saturated carbocycles. The van der Waals surface area contributed by atoms with Crippen molar-refractivity contribution in [3.05, 3.63) is 70.0 Å². The Hall–Kier alpha value is -2.44. The lowest BCUT2D eigenvalue weighted by molar-refractivity contribution is 0.102. The quantitative estimate of drug-likeness (QED) is 0.603. The Morgan fingerprint density at radius 2 is 1.92 bits per heavy atom. The third-order valence-corrected chi connectivity index (χ3v) is 4.26. The Morgan fingerprint density at radius 3 is 2.65 bits per heavy atom. The molecule has 2 aromatic carbocycles. The highest BCUT2D eigenvalue weighted by Gasteiger charge is 2.19. The molecule has 4 nitrogen and oxygen atoms in total. The minimum atomic E-state index is -2.59. The molecule has 134 valence electrons. The maximum Gasteiger partial charge on any atom is 0.259 e. The van der Waals surface area contributed by atoms with E-state index in [0.717, 1.165) is 0 Å². The number of rotatable bonds is 5. The summed E-state index contributed by atoms with van der Waals surface area (Å²) in [6.45, 7) is 0. The van der Waals surface area contributed by atoms with Crippen LogP contribution in [-0.4, -0.2) is 22.5 Å². The number of carbonyl (C=O) groups excluding carboxylic acids is 1. The van der Waals surface area contributed by atoms with Gasteiger partial charge in [0.1, 0.15) is 0 Å². The molecule has 0 aliphatic heterocycles. The number of carbonyl (C=O) groups is 1. The van der Waals surface area contributed by atoms with E-state index in [2.05, 4.69) is 15.5 Å². The van der Waals surface area contributed by atoms with E-state index >= 15 is 0 Å². The van der Waals surface area contributed by atoms with E-state index in [-0.39, 0.29) is 11.3 Å². The SMILES string of the molecule is O=C(Nc1ccccc1-c1ccc(Cl)cc1Cl)c1c[nH]nc1CC(F)F. The third kappa shape index (κ3) is 4.03. The van der Waals surface area contributed by atoms with Crippen molar-refractivity contribution in [2.24, 2.45) is 0 Å². The molecule has 3 rings (SSSR count). The number of alkyl halides is 2. The number of nitrogens with zero attached hydrogens (tertiary/aromatic N) is 1. The molecule has 0 radical (unpaired) electrons. The number of H-pyrrole nitrogens is 1. The first-order chi connectivity index (χ1) is 12.5. The molecular weight excluding hydrogens is 383 g/mol. The molecule has 0 saturated heterocycles. The van der Waals surface area contributed by atoms with Crippen LogP contribution in [0.5, 0.6) is 0 Å². The molecule has 3 aromatic rings. The summed E-state index contributed by atoms with van der Waals surface area (Å²) < 4.78 is 25.2. The van der Waals surface area contributed by atoms with Crippen LogP contribution in [0.1, 0.15) is 16.1 Å². The second kappa shape index (κ2) is 7.85. The molecule has 0 atom stereocenters. The minimum Gasteiger partial charge on any atom is -0.321 e. The van der Waals surface area contributed by atoms with Crippen molar-refractivity contribution in [2.45, 2.75) is 12.8 Å². The predicted octanol–water partition coefficient (Wildman–Crippen LogP) is 5.44. The Balaban J connectivity index is 1.92. The van der Waals surface area contributed by atoms with Crippen LogP contribution < -0.4 is 5.32 Å². The van der Waals surface area contributed by atoms with E-state index in [9.17, 15) is 13.6 Å². The summed E-state index contributed by atoms with van der Waals surface area (Å²) in [6, 6.07) is 12.1. The van der Waals surface area contributed by atoms with Gasteiger partial charge in [-0.05, 0) is 18.2 Å². The summed E-state index contributed by atoms with van der Waals surface area (Å²) in [5.74, 6) is -0.535. The van der Waals surface area contributed by atoms with Crippen LogP contribution in [0.2, 0.25) is 10.0 Å². The Labute approximate surface area is 158 Å². The fourth-order valence-corrected chi connectivity index (χ4v) is 3.05. The molecule has 1 amide bonds. The van der Waals surface area contributed by atoms with Crippen molar-refractivity contribution in [3.63, 3.8) is 0 Å². The largest absolute Gasteiger partial charge is 0.321 e. The highest BCUT2D eigenvalue weighted by molar-refractivity contribution is 6.36. The third-order valence-electron chi connectivity index (χ3n) is 3.71. The summed E-state index contributed by atoms with van der Waals surface area (Å²) >= 11 is 12.2. The molecule has 8 heteroatoms. The number of anilines is 1. The standard InChI is InChI=1S/C18H13Cl2F2N3O/c19-10-5-6-11(14(20)7-10)12-3-1-2-4-15(12)24-18(26)13-9-23-25-16(13)8-17(21)22/h1-7,9,17H,8H2,(H,23,25)(H,24,26). The first kappa shape index (κ1) is 18.4. The van der Waals surface area contributed by atoms with Gasteiger partial charge in [-0.2, -0.15) is 5.10 Å². The van der Waals surface area contributed by atoms with E-state index in [1.165, 1.54) is 6.20 Å². The van der Waals surface area contributed by atoms with Gasteiger partial charge in [-0.25, -0.2) is 8.78 Å². The zero-order valence-corrected chi connectivity index (χ0v) is 14.8. The summed E-state index contributed by atoms with van der Waals surface area (Å²) in [4.78, 5) is 12.5. The number of benzene rings is 2. The zero-order valence-electron chi connectivity index (χ0n) is 13.3. The first-order valence-corrected chi connectivity index (χ1v) is 8.38. The van der Waals surface area contributed by atoms with Gasteiger partial charge in [0.2, 0.25) is 6.43 Å². The monoisotopic (exact) mass is 395 g/mol. The van der Waals surface area contributed by atoms with Crippen LogP contribution in [0, 0.1) is 0 Å². The number of halogens is 4. The molecular formula is C18H13Cl2F2N3O. The Morgan fingerprint density at radius 1 is 1.15 bits per heavy atom. The number of hydrogen-bond donors (Lipinski definition) is 2. The lowest BCUT2D eigenvalue weighted by atomic mass is 10.0. The highest BCUT2D eigenvalue weighted by Crippen LogP contribution is 2.35. The second-order valence-corrected chi connectivity index (χ2v) is 6.31. The Bertz CT molecular complexity index is 944. The molecule has 2 N–H and O–H groups in total. The summed E-state index contributed by atoms with van der Waals surface area (Å²) in [7, 11) is 0. The van der Waals surface area contributed by atoms with Crippen molar-refractivity contribution in [1.29, 1.82) is 0 Å². The molecule has 1 aromatic heterocycles. The van der Waals surface area contributed by atoms with Gasteiger partial charge in [0.25, 0.3) is 5.91 Å². The molecule has 0 unspecified atom stereocenters. The van der Waals surface area contributed by atoms with Crippen LogP contribution in [0.4, 0.5) is 14.5 Å². The molecule has 1 heterocycles. The van der Waals surface area contributed by atoms with Crippen molar-refractivity contribution < 1.29 is 13.6 Å². The van der Waals surface area contributed by atoms with Gasteiger partial charge < -0.3 is 5.32 Å². The summed E-state index contributed by atoms with van der Waals surface area (Å²) in [5, 5.41) is 9.83. The maximum absolute atomic E-state index is 12.6. The van der Waals surface area contributed by atoms with Crippen molar-refractivity contribution in [1.82, 2.24) is 10.2 Å².